The van der Waals surface area contributed by atoms with Crippen molar-refractivity contribution in [2.24, 2.45) is 0 Å². The molecule has 0 atom stereocenters. The second-order valence-corrected chi connectivity index (χ2v) is 15.0. The Morgan fingerprint density at radius 1 is 0.764 bits per heavy atom. The molecule has 2 fully saturated rings. The van der Waals surface area contributed by atoms with Gasteiger partial charge in [-0.2, -0.15) is 0 Å². The summed E-state index contributed by atoms with van der Waals surface area (Å²) in [6, 6.07) is 24.5. The second kappa shape index (κ2) is 17.6. The molecule has 0 bridgehead atoms. The first kappa shape index (κ1) is 38.2. The fourth-order valence-corrected chi connectivity index (χ4v) is 8.13. The second-order valence-electron chi connectivity index (χ2n) is 15.0. The summed E-state index contributed by atoms with van der Waals surface area (Å²) in [6.45, 7) is 10.7. The summed E-state index contributed by atoms with van der Waals surface area (Å²) in [5, 5.41) is 0. The fourth-order valence-electron chi connectivity index (χ4n) is 8.13. The number of nitrogens with zero attached hydrogens (tertiary/aromatic N) is 4. The highest BCUT2D eigenvalue weighted by Gasteiger charge is 2.30. The lowest BCUT2D eigenvalue weighted by molar-refractivity contribution is 0.200. The summed E-state index contributed by atoms with van der Waals surface area (Å²) in [4.78, 5) is 14.7. The molecule has 1 aliphatic carbocycles. The smallest absolute Gasteiger partial charge is 0.164 e. The Balaban J connectivity index is 1.09. The van der Waals surface area contributed by atoms with E-state index < -0.39 is 0 Å². The van der Waals surface area contributed by atoms with Crippen LogP contribution in [-0.2, 0) is 19.5 Å². The number of pyridine rings is 2. The summed E-state index contributed by atoms with van der Waals surface area (Å²) < 4.78 is 23.2. The van der Waals surface area contributed by atoms with Gasteiger partial charge in [-0.15, -0.1) is 0 Å². The molecule has 3 heterocycles. The van der Waals surface area contributed by atoms with Crippen LogP contribution in [0.1, 0.15) is 79.7 Å². The molecule has 0 amide bonds. The van der Waals surface area contributed by atoms with Crippen molar-refractivity contribution in [2.75, 3.05) is 45.9 Å². The number of piperidine rings is 1. The highest BCUT2D eigenvalue weighted by atomic mass is 16.5. The van der Waals surface area contributed by atoms with Gasteiger partial charge in [0.15, 0.2) is 11.5 Å². The number of aryl methyl sites for hydroxylation is 1. The largest absolute Gasteiger partial charge is 0.496 e. The lowest BCUT2D eigenvalue weighted by Gasteiger charge is -2.40. The molecule has 7 rings (SSSR count). The third-order valence-electron chi connectivity index (χ3n) is 11.2. The highest BCUT2D eigenvalue weighted by molar-refractivity contribution is 5.69. The quantitative estimate of drug-likeness (QED) is 0.0991. The molecule has 0 unspecified atom stereocenters. The predicted octanol–water partition coefficient (Wildman–Crippen LogP) is 10.0. The van der Waals surface area contributed by atoms with Crippen LogP contribution in [0.4, 0.5) is 5.69 Å². The van der Waals surface area contributed by atoms with Gasteiger partial charge in [0.25, 0.3) is 0 Å². The van der Waals surface area contributed by atoms with Crippen molar-refractivity contribution in [3.05, 3.63) is 113 Å². The van der Waals surface area contributed by atoms with Gasteiger partial charge >= 0.3 is 0 Å². The van der Waals surface area contributed by atoms with Crippen molar-refractivity contribution in [1.82, 2.24) is 14.9 Å². The van der Waals surface area contributed by atoms with E-state index in [-0.39, 0.29) is 0 Å². The number of anilines is 1. The summed E-state index contributed by atoms with van der Waals surface area (Å²) >= 11 is 0. The van der Waals surface area contributed by atoms with Crippen molar-refractivity contribution >= 4 is 5.69 Å². The number of hydrogen-bond acceptors (Lipinski definition) is 8. The predicted molar refractivity (Wildman–Crippen MR) is 222 cm³/mol. The summed E-state index contributed by atoms with van der Waals surface area (Å²) in [5.41, 5.74) is 11.8. The maximum Gasteiger partial charge on any atom is 0.164 e. The molecule has 3 aromatic carbocycles. The zero-order valence-corrected chi connectivity index (χ0v) is 33.4. The molecule has 288 valence electrons. The van der Waals surface area contributed by atoms with Crippen molar-refractivity contribution in [1.29, 1.82) is 0 Å². The van der Waals surface area contributed by atoms with E-state index in [0.717, 1.165) is 91.7 Å². The van der Waals surface area contributed by atoms with Crippen LogP contribution >= 0.6 is 0 Å². The zero-order chi connectivity index (χ0) is 38.3. The molecule has 5 aromatic rings. The van der Waals surface area contributed by atoms with Gasteiger partial charge < -0.3 is 23.8 Å². The van der Waals surface area contributed by atoms with Crippen LogP contribution < -0.4 is 23.8 Å². The Hall–Kier alpha value is -5.08. The first-order valence-corrected chi connectivity index (χ1v) is 20.0. The van der Waals surface area contributed by atoms with Gasteiger partial charge in [-0.25, -0.2) is 0 Å². The van der Waals surface area contributed by atoms with Gasteiger partial charge in [-0.3, -0.25) is 14.9 Å². The first-order valence-electron chi connectivity index (χ1n) is 20.0. The Morgan fingerprint density at radius 2 is 1.53 bits per heavy atom. The van der Waals surface area contributed by atoms with E-state index in [9.17, 15) is 0 Å². The van der Waals surface area contributed by atoms with Crippen LogP contribution in [0.2, 0.25) is 0 Å². The molecule has 8 nitrogen and oxygen atoms in total. The van der Waals surface area contributed by atoms with Crippen molar-refractivity contribution in [3.8, 4) is 45.4 Å². The fraction of sp³-hybridized carbons (Fsp3) is 0.404. The van der Waals surface area contributed by atoms with E-state index in [1.54, 1.807) is 21.3 Å². The third-order valence-corrected chi connectivity index (χ3v) is 11.2. The Bertz CT molecular complexity index is 2050. The van der Waals surface area contributed by atoms with E-state index in [0.29, 0.717) is 18.6 Å². The minimum Gasteiger partial charge on any atom is -0.496 e. The van der Waals surface area contributed by atoms with E-state index in [1.807, 2.05) is 25.5 Å². The maximum absolute atomic E-state index is 5.81. The Morgan fingerprint density at radius 3 is 2.22 bits per heavy atom. The highest BCUT2D eigenvalue weighted by Crippen LogP contribution is 2.49. The number of likely N-dealkylation sites (tertiary alicyclic amines) is 1. The normalized spacial score (nSPS) is 14.8. The average Bonchev–Trinajstić information content (AvgIpc) is 4.07. The van der Waals surface area contributed by atoms with Crippen LogP contribution in [-0.4, -0.2) is 61.9 Å². The molecule has 2 aromatic heterocycles. The topological polar surface area (TPSA) is 69.2 Å². The Kier molecular flexibility index (Phi) is 12.2. The third kappa shape index (κ3) is 8.91. The number of hydrogen-bond donors (Lipinski definition) is 0. The van der Waals surface area contributed by atoms with Crippen LogP contribution in [0.25, 0.3) is 22.4 Å². The van der Waals surface area contributed by atoms with Gasteiger partial charge in [0.1, 0.15) is 11.5 Å². The number of ether oxygens (including phenoxy) is 4. The summed E-state index contributed by atoms with van der Waals surface area (Å²) in [7, 11) is 5.20. The molecular formula is C47H56N4O4. The van der Waals surface area contributed by atoms with Crippen LogP contribution in [0.15, 0.2) is 85.3 Å². The minimum atomic E-state index is 0.384. The average molecular weight is 741 g/mol. The number of aromatic nitrogens is 2. The minimum absolute atomic E-state index is 0.384. The molecule has 55 heavy (non-hydrogen) atoms. The SMILES string of the molecule is CCCc1cc(-c2cncc(CN3CCC(N(Cc4ccnc(-c5cc(OC)c(OC)c(C6CC6)c5)c4)c4ccc(OCC)cc4)CC3)c2)cc(OC)c1C. The van der Waals surface area contributed by atoms with Gasteiger partial charge in [0.05, 0.1) is 33.6 Å². The molecule has 0 spiro atoms. The van der Waals surface area contributed by atoms with E-state index in [1.165, 1.54) is 51.9 Å². The standard InChI is InChI=1S/C47H56N4O4/c1-7-9-36-24-37(26-45(52-4)32(36)3)39-22-34(28-48-29-39)30-50-20-17-41(18-21-50)51(40-12-14-42(15-13-40)55-8-2)31-33-16-19-49-44(23-33)38-25-43(35-10-11-35)47(54-6)46(27-38)53-5/h12-16,19,22-29,35,41H,7-11,17-18,20-21,30-31H2,1-6H3. The van der Waals surface area contributed by atoms with Gasteiger partial charge in [0, 0.05) is 73.2 Å². The lowest BCUT2D eigenvalue weighted by atomic mass is 9.96. The number of rotatable bonds is 16. The summed E-state index contributed by atoms with van der Waals surface area (Å²) in [5.74, 6) is 3.96. The van der Waals surface area contributed by atoms with Gasteiger partial charge in [0.2, 0.25) is 0 Å². The van der Waals surface area contributed by atoms with Gasteiger partial charge in [-0.05, 0) is 140 Å². The molecule has 0 radical (unpaired) electrons. The number of methoxy groups -OCH3 is 3. The molecule has 1 saturated carbocycles. The first-order chi connectivity index (χ1) is 26.9. The van der Waals surface area contributed by atoms with Crippen LogP contribution in [0.3, 0.4) is 0 Å². The lowest BCUT2D eigenvalue weighted by Crippen LogP contribution is -2.44. The van der Waals surface area contributed by atoms with E-state index >= 15 is 0 Å². The van der Waals surface area contributed by atoms with E-state index in [2.05, 4.69) is 95.4 Å². The zero-order valence-electron chi connectivity index (χ0n) is 33.4. The Labute approximate surface area is 327 Å². The summed E-state index contributed by atoms with van der Waals surface area (Å²) in [6.07, 6.45) is 12.6. The molecule has 1 aliphatic heterocycles. The van der Waals surface area contributed by atoms with Crippen LogP contribution in [0, 0.1) is 6.92 Å². The van der Waals surface area contributed by atoms with Crippen molar-refractivity contribution < 1.29 is 18.9 Å². The number of benzene rings is 3. The molecule has 2 aliphatic rings. The molecular weight excluding hydrogens is 685 g/mol. The van der Waals surface area contributed by atoms with Gasteiger partial charge in [-0.1, -0.05) is 19.4 Å². The van der Waals surface area contributed by atoms with Crippen molar-refractivity contribution in [2.45, 2.75) is 84.3 Å². The van der Waals surface area contributed by atoms with E-state index in [4.69, 9.17) is 23.9 Å². The maximum atomic E-state index is 5.81. The van der Waals surface area contributed by atoms with Crippen molar-refractivity contribution in [3.63, 3.8) is 0 Å². The molecule has 8 heteroatoms. The molecule has 0 N–H and O–H groups in total. The monoisotopic (exact) mass is 740 g/mol. The van der Waals surface area contributed by atoms with Crippen LogP contribution in [0.5, 0.6) is 23.0 Å². The molecule has 1 saturated heterocycles.